The van der Waals surface area contributed by atoms with Crippen LogP contribution in [0.15, 0.2) is 315 Å². The molecule has 0 radical (unpaired) electrons. The molecule has 0 unspecified atom stereocenters. The van der Waals surface area contributed by atoms with Crippen LogP contribution in [0.1, 0.15) is 0 Å². The van der Waals surface area contributed by atoms with Gasteiger partial charge in [0.1, 0.15) is 22.5 Å². The molecule has 0 N–H and O–H groups in total. The Labute approximate surface area is 557 Å². The highest BCUT2D eigenvalue weighted by atomic mass is 15.2. The summed E-state index contributed by atoms with van der Waals surface area (Å²) in [6.45, 7) is 0. The summed E-state index contributed by atoms with van der Waals surface area (Å²) in [7, 11) is 0. The van der Waals surface area contributed by atoms with Gasteiger partial charge >= 0.3 is 0 Å². The molecule has 12 nitrogen and oxygen atoms in total. The molecule has 10 heterocycles. The SMILES string of the molecule is c1ccc(-c2nc(-n3c4ccccc4c4c3c3c5ccccc5n(-c5ccccc5)c3n3c5ccccc5nc43)nc3ccccc23)cc1.c1ccc(-c2nc(-n3c4ccccc4c4c5c6ccccc6n(-c6ccccc6)c5n5c6ccccc6nc5c43)nc3ccccc23)cc1. The Morgan fingerprint density at radius 3 is 1.01 bits per heavy atom. The van der Waals surface area contributed by atoms with Crippen LogP contribution >= 0.6 is 0 Å². The Morgan fingerprint density at radius 1 is 0.204 bits per heavy atom. The zero-order chi connectivity index (χ0) is 64.1. The van der Waals surface area contributed by atoms with Gasteiger partial charge in [-0.2, -0.15) is 0 Å². The van der Waals surface area contributed by atoms with Crippen molar-refractivity contribution in [2.75, 3.05) is 0 Å². The molecule has 0 atom stereocenters. The van der Waals surface area contributed by atoms with Crippen LogP contribution in [-0.2, 0) is 0 Å². The van der Waals surface area contributed by atoms with Gasteiger partial charge in [0, 0.05) is 65.6 Å². The number of hydrogen-bond acceptors (Lipinski definition) is 6. The highest BCUT2D eigenvalue weighted by molar-refractivity contribution is 6.32. The maximum atomic E-state index is 5.41. The number of nitrogens with zero attached hydrogens (tertiary/aromatic N) is 12. The second-order valence-electron chi connectivity index (χ2n) is 25.0. The van der Waals surface area contributed by atoms with E-state index in [9.17, 15) is 0 Å². The molecule has 10 aromatic heterocycles. The monoisotopic (exact) mass is 1250 g/mol. The van der Waals surface area contributed by atoms with Gasteiger partial charge in [-0.25, -0.2) is 29.9 Å². The van der Waals surface area contributed by atoms with Gasteiger partial charge in [-0.1, -0.05) is 231 Å². The Balaban J connectivity index is 0.000000129. The van der Waals surface area contributed by atoms with Gasteiger partial charge in [0.25, 0.3) is 0 Å². The van der Waals surface area contributed by atoms with E-state index in [1.807, 2.05) is 24.3 Å². The van der Waals surface area contributed by atoms with E-state index in [2.05, 4.69) is 318 Å². The Morgan fingerprint density at radius 2 is 0.531 bits per heavy atom. The van der Waals surface area contributed by atoms with Gasteiger partial charge in [0.05, 0.1) is 82.8 Å². The van der Waals surface area contributed by atoms with Gasteiger partial charge in [-0.3, -0.25) is 27.1 Å². The Hall–Kier alpha value is -13.6. The molecule has 22 rings (SSSR count). The van der Waals surface area contributed by atoms with Gasteiger partial charge in [0.15, 0.2) is 5.65 Å². The van der Waals surface area contributed by atoms with Crippen molar-refractivity contribution in [2.24, 2.45) is 0 Å². The van der Waals surface area contributed by atoms with Gasteiger partial charge in [0.2, 0.25) is 11.9 Å². The zero-order valence-electron chi connectivity index (χ0n) is 52.4. The molecule has 0 aliphatic carbocycles. The first-order valence-electron chi connectivity index (χ1n) is 33.0. The van der Waals surface area contributed by atoms with Crippen molar-refractivity contribution >= 4 is 143 Å². The van der Waals surface area contributed by atoms with Crippen LogP contribution in [0.5, 0.6) is 0 Å². The van der Waals surface area contributed by atoms with Crippen LogP contribution in [-0.4, -0.2) is 57.0 Å². The van der Waals surface area contributed by atoms with Crippen molar-refractivity contribution < 1.29 is 0 Å². The summed E-state index contributed by atoms with van der Waals surface area (Å²) in [6.07, 6.45) is 0. The van der Waals surface area contributed by atoms with Crippen LogP contribution in [0.25, 0.3) is 188 Å². The van der Waals surface area contributed by atoms with E-state index in [4.69, 9.17) is 29.9 Å². The molecule has 0 aliphatic rings. The molecule has 0 bridgehead atoms. The summed E-state index contributed by atoms with van der Waals surface area (Å²) < 4.78 is 14.0. The summed E-state index contributed by atoms with van der Waals surface area (Å²) in [4.78, 5) is 32.1. The fourth-order valence-electron chi connectivity index (χ4n) is 15.6. The smallest absolute Gasteiger partial charge is 0.235 e. The number of fused-ring (bicyclic) bond motifs is 26. The molecule has 22 aromatic rings. The van der Waals surface area contributed by atoms with Crippen molar-refractivity contribution in [1.82, 2.24) is 57.0 Å². The number of benzene rings is 12. The minimum atomic E-state index is 0.615. The molecule has 456 valence electrons. The molecule has 0 saturated heterocycles. The summed E-state index contributed by atoms with van der Waals surface area (Å²) in [5.41, 5.74) is 22.1. The minimum Gasteiger partial charge on any atom is -0.295 e. The van der Waals surface area contributed by atoms with E-state index in [1.165, 1.54) is 10.8 Å². The fourth-order valence-corrected chi connectivity index (χ4v) is 15.6. The second-order valence-corrected chi connectivity index (χ2v) is 25.0. The predicted octanol–water partition coefficient (Wildman–Crippen LogP) is 20.6. The van der Waals surface area contributed by atoms with Crippen LogP contribution < -0.4 is 0 Å². The standard InChI is InChI=1S/2C43H26N6/c1-3-15-27(16-4-1)39-29-19-7-10-22-32(29)45-43(46-39)48-35-25-13-8-20-30(35)37-40(48)38-31-21-9-12-24-34(31)47(28-17-5-2-6-18-28)42(38)49-36-26-14-11-23-33(36)44-41(37)49;1-3-15-27(16-4-1)39-29-19-7-10-22-32(29)45-43(46-39)48-35-25-13-8-20-30(35)37-38-31-21-9-12-24-34(31)47(28-17-5-2-6-18-28)42(38)49-36-26-14-11-23-33(36)44-41(49)40(37)48/h2*1-26H. The third-order valence-corrected chi connectivity index (χ3v) is 19.6. The minimum absolute atomic E-state index is 0.615. The molecule has 12 aromatic carbocycles. The molecule has 0 amide bonds. The van der Waals surface area contributed by atoms with E-state index in [-0.39, 0.29) is 0 Å². The first-order valence-corrected chi connectivity index (χ1v) is 33.0. The summed E-state index contributed by atoms with van der Waals surface area (Å²) in [5.74, 6) is 1.24. The lowest BCUT2D eigenvalue weighted by Gasteiger charge is -2.13. The average Bonchev–Trinajstić information content (AvgIpc) is 1.52. The van der Waals surface area contributed by atoms with Crippen LogP contribution in [0, 0.1) is 0 Å². The molecular weight excluding hydrogens is 1200 g/mol. The molecule has 0 spiro atoms. The quantitative estimate of drug-likeness (QED) is 0.164. The fraction of sp³-hybridized carbons (Fsp3) is 0. The van der Waals surface area contributed by atoms with Gasteiger partial charge in [-0.15, -0.1) is 0 Å². The lowest BCUT2D eigenvalue weighted by atomic mass is 10.1. The van der Waals surface area contributed by atoms with Gasteiger partial charge < -0.3 is 0 Å². The highest BCUT2D eigenvalue weighted by Gasteiger charge is 2.31. The van der Waals surface area contributed by atoms with Crippen molar-refractivity contribution in [3.63, 3.8) is 0 Å². The Kier molecular flexibility index (Phi) is 11.5. The second kappa shape index (κ2) is 21.0. The number of hydrogen-bond donors (Lipinski definition) is 0. The van der Waals surface area contributed by atoms with Crippen molar-refractivity contribution in [2.45, 2.75) is 0 Å². The van der Waals surface area contributed by atoms with Gasteiger partial charge in [-0.05, 0) is 84.9 Å². The number of rotatable bonds is 6. The molecule has 98 heavy (non-hydrogen) atoms. The number of pyridine rings is 2. The average molecular weight is 1250 g/mol. The van der Waals surface area contributed by atoms with Crippen molar-refractivity contribution in [1.29, 1.82) is 0 Å². The number of aromatic nitrogens is 12. The summed E-state index contributed by atoms with van der Waals surface area (Å²) in [5, 5.41) is 11.1. The van der Waals surface area contributed by atoms with E-state index in [1.54, 1.807) is 0 Å². The first-order chi connectivity index (χ1) is 48.7. The normalized spacial score (nSPS) is 12.1. The highest BCUT2D eigenvalue weighted by Crippen LogP contribution is 2.48. The third-order valence-electron chi connectivity index (χ3n) is 19.6. The Bertz CT molecular complexity index is 7030. The summed E-state index contributed by atoms with van der Waals surface area (Å²) in [6, 6.07) is 110. The van der Waals surface area contributed by atoms with E-state index >= 15 is 0 Å². The van der Waals surface area contributed by atoms with E-state index in [0.29, 0.717) is 11.9 Å². The maximum Gasteiger partial charge on any atom is 0.235 e. The molecule has 0 saturated carbocycles. The maximum absolute atomic E-state index is 5.41. The van der Waals surface area contributed by atoms with Crippen LogP contribution in [0.4, 0.5) is 0 Å². The summed E-state index contributed by atoms with van der Waals surface area (Å²) >= 11 is 0. The zero-order valence-corrected chi connectivity index (χ0v) is 52.4. The van der Waals surface area contributed by atoms with Crippen molar-refractivity contribution in [3.05, 3.63) is 315 Å². The largest absolute Gasteiger partial charge is 0.295 e. The topological polar surface area (TPSA) is 106 Å². The lowest BCUT2D eigenvalue weighted by molar-refractivity contribution is 1.01. The predicted molar refractivity (Wildman–Crippen MR) is 400 cm³/mol. The number of para-hydroxylation sites is 12. The van der Waals surface area contributed by atoms with Crippen LogP contribution in [0.3, 0.4) is 0 Å². The van der Waals surface area contributed by atoms with Crippen molar-refractivity contribution in [3.8, 4) is 45.8 Å². The first kappa shape index (κ1) is 53.9. The third kappa shape index (κ3) is 7.70. The van der Waals surface area contributed by atoms with Crippen LogP contribution in [0.2, 0.25) is 0 Å². The molecule has 0 aliphatic heterocycles. The number of imidazole rings is 2. The molecule has 0 fully saturated rings. The molecular formula is C86H52N12. The lowest BCUT2D eigenvalue weighted by Crippen LogP contribution is -2.05. The van der Waals surface area contributed by atoms with E-state index < -0.39 is 0 Å². The van der Waals surface area contributed by atoms with E-state index in [0.717, 1.165) is 166 Å². The molecule has 12 heteroatoms.